The van der Waals surface area contributed by atoms with Crippen molar-refractivity contribution in [1.29, 1.82) is 0 Å². The first-order chi connectivity index (χ1) is 11.2. The summed E-state index contributed by atoms with van der Waals surface area (Å²) in [6, 6.07) is 7.61. The Morgan fingerprint density at radius 3 is 2.42 bits per heavy atom. The van der Waals surface area contributed by atoms with Gasteiger partial charge in [0, 0.05) is 18.5 Å². The van der Waals surface area contributed by atoms with Crippen LogP contribution in [0.15, 0.2) is 41.3 Å². The molecule has 0 saturated carbocycles. The van der Waals surface area contributed by atoms with Crippen LogP contribution in [0, 0.1) is 5.82 Å². The summed E-state index contributed by atoms with van der Waals surface area (Å²) < 4.78 is 39.9. The molecule has 0 radical (unpaired) electrons. The van der Waals surface area contributed by atoms with Gasteiger partial charge in [-0.25, -0.2) is 17.5 Å². The molecule has 2 aromatic carbocycles. The van der Waals surface area contributed by atoms with Crippen LogP contribution in [-0.2, 0) is 21.4 Å². The molecule has 0 saturated heterocycles. The van der Waals surface area contributed by atoms with E-state index in [0.29, 0.717) is 11.3 Å². The number of hydrogen-bond donors (Lipinski definition) is 2. The van der Waals surface area contributed by atoms with Crippen molar-refractivity contribution in [2.24, 2.45) is 0 Å². The van der Waals surface area contributed by atoms with E-state index in [-0.39, 0.29) is 27.4 Å². The summed E-state index contributed by atoms with van der Waals surface area (Å²) in [6.07, 6.45) is 0. The molecular weight excluding hydrogens is 378 g/mol. The molecule has 0 aliphatic rings. The summed E-state index contributed by atoms with van der Waals surface area (Å²) in [5.41, 5.74) is 0.743. The van der Waals surface area contributed by atoms with Crippen LogP contribution in [0.3, 0.4) is 0 Å². The van der Waals surface area contributed by atoms with Crippen LogP contribution < -0.4 is 10.0 Å². The van der Waals surface area contributed by atoms with E-state index in [9.17, 15) is 17.6 Å². The molecule has 0 aliphatic heterocycles. The van der Waals surface area contributed by atoms with Crippen molar-refractivity contribution < 1.29 is 17.6 Å². The third-order valence-electron chi connectivity index (χ3n) is 3.03. The van der Waals surface area contributed by atoms with Crippen LogP contribution in [0.1, 0.15) is 12.5 Å². The van der Waals surface area contributed by atoms with Crippen LogP contribution in [0.5, 0.6) is 0 Å². The normalized spacial score (nSPS) is 11.3. The van der Waals surface area contributed by atoms with Gasteiger partial charge in [0.25, 0.3) is 0 Å². The van der Waals surface area contributed by atoms with E-state index >= 15 is 0 Å². The highest BCUT2D eigenvalue weighted by Crippen LogP contribution is 2.25. The lowest BCUT2D eigenvalue weighted by Gasteiger charge is -2.10. The molecule has 24 heavy (non-hydrogen) atoms. The predicted octanol–water partition coefficient (Wildman–Crippen LogP) is 3.57. The van der Waals surface area contributed by atoms with Crippen molar-refractivity contribution in [3.63, 3.8) is 0 Å². The average molecular weight is 391 g/mol. The van der Waals surface area contributed by atoms with Crippen molar-refractivity contribution in [3.8, 4) is 0 Å². The number of rotatable bonds is 5. The van der Waals surface area contributed by atoms with Gasteiger partial charge in [0.1, 0.15) is 5.82 Å². The summed E-state index contributed by atoms with van der Waals surface area (Å²) in [6.45, 7) is 1.21. The first-order valence-electron chi connectivity index (χ1n) is 6.70. The maximum absolute atomic E-state index is 13.0. The standard InChI is InChI=1S/C15H13Cl2FN2O3S/c1-9(21)20-15-5-4-12(7-14(15)17)24(22,23)19-8-10-2-3-11(18)6-13(10)16/h2-7,19H,8H2,1H3,(H,20,21). The Morgan fingerprint density at radius 1 is 1.12 bits per heavy atom. The monoisotopic (exact) mass is 390 g/mol. The maximum atomic E-state index is 13.0. The molecule has 5 nitrogen and oxygen atoms in total. The zero-order valence-electron chi connectivity index (χ0n) is 12.4. The van der Waals surface area contributed by atoms with Gasteiger partial charge in [0.15, 0.2) is 0 Å². The number of amides is 1. The Kier molecular flexibility index (Phi) is 5.82. The lowest BCUT2D eigenvalue weighted by atomic mass is 10.2. The molecule has 128 valence electrons. The number of anilines is 1. The molecule has 2 N–H and O–H groups in total. The molecule has 2 rings (SSSR count). The molecule has 0 aliphatic carbocycles. The van der Waals surface area contributed by atoms with Crippen molar-refractivity contribution in [1.82, 2.24) is 4.72 Å². The second-order valence-electron chi connectivity index (χ2n) is 4.88. The topological polar surface area (TPSA) is 75.3 Å². The highest BCUT2D eigenvalue weighted by Gasteiger charge is 2.16. The van der Waals surface area contributed by atoms with Crippen LogP contribution in [0.2, 0.25) is 10.0 Å². The van der Waals surface area contributed by atoms with Crippen LogP contribution in [0.4, 0.5) is 10.1 Å². The van der Waals surface area contributed by atoms with Gasteiger partial charge in [-0.15, -0.1) is 0 Å². The fourth-order valence-corrected chi connectivity index (χ4v) is 3.43. The van der Waals surface area contributed by atoms with E-state index in [1.165, 1.54) is 37.3 Å². The Morgan fingerprint density at radius 2 is 1.83 bits per heavy atom. The highest BCUT2D eigenvalue weighted by atomic mass is 35.5. The molecule has 1 amide bonds. The predicted molar refractivity (Wildman–Crippen MR) is 91.2 cm³/mol. The SMILES string of the molecule is CC(=O)Nc1ccc(S(=O)(=O)NCc2ccc(F)cc2Cl)cc1Cl. The number of carbonyl (C=O) groups is 1. The number of hydrogen-bond acceptors (Lipinski definition) is 3. The summed E-state index contributed by atoms with van der Waals surface area (Å²) in [4.78, 5) is 11.0. The molecule has 2 aromatic rings. The van der Waals surface area contributed by atoms with Crippen LogP contribution >= 0.6 is 23.2 Å². The Balaban J connectivity index is 2.18. The van der Waals surface area contributed by atoms with E-state index < -0.39 is 15.8 Å². The Hall–Kier alpha value is -1.67. The van der Waals surface area contributed by atoms with E-state index in [2.05, 4.69) is 10.0 Å². The molecule has 0 aromatic heterocycles. The van der Waals surface area contributed by atoms with E-state index in [0.717, 1.165) is 6.07 Å². The number of benzene rings is 2. The molecule has 0 atom stereocenters. The molecule has 0 fully saturated rings. The quantitative estimate of drug-likeness (QED) is 0.819. The van der Waals surface area contributed by atoms with Crippen LogP contribution in [0.25, 0.3) is 0 Å². The average Bonchev–Trinajstić information content (AvgIpc) is 2.48. The second-order valence-corrected chi connectivity index (χ2v) is 7.46. The second kappa shape index (κ2) is 7.48. The third-order valence-corrected chi connectivity index (χ3v) is 5.09. The molecule has 0 unspecified atom stereocenters. The number of carbonyl (C=O) groups excluding carboxylic acids is 1. The van der Waals surface area contributed by atoms with Gasteiger partial charge in [0.05, 0.1) is 15.6 Å². The first kappa shape index (κ1) is 18.7. The smallest absolute Gasteiger partial charge is 0.240 e. The minimum absolute atomic E-state index is 0.0696. The fraction of sp³-hybridized carbons (Fsp3) is 0.133. The lowest BCUT2D eigenvalue weighted by molar-refractivity contribution is -0.114. The minimum Gasteiger partial charge on any atom is -0.325 e. The zero-order chi connectivity index (χ0) is 17.9. The maximum Gasteiger partial charge on any atom is 0.240 e. The van der Waals surface area contributed by atoms with Crippen LogP contribution in [-0.4, -0.2) is 14.3 Å². The first-order valence-corrected chi connectivity index (χ1v) is 8.93. The Labute approximate surface area is 148 Å². The van der Waals surface area contributed by atoms with E-state index in [4.69, 9.17) is 23.2 Å². The fourth-order valence-electron chi connectivity index (χ4n) is 1.88. The lowest BCUT2D eigenvalue weighted by Crippen LogP contribution is -2.23. The Bertz CT molecular complexity index is 888. The summed E-state index contributed by atoms with van der Waals surface area (Å²) >= 11 is 11.8. The van der Waals surface area contributed by atoms with Gasteiger partial charge in [-0.1, -0.05) is 29.3 Å². The van der Waals surface area contributed by atoms with Crippen molar-refractivity contribution in [3.05, 3.63) is 57.8 Å². The van der Waals surface area contributed by atoms with Crippen molar-refractivity contribution in [2.75, 3.05) is 5.32 Å². The summed E-state index contributed by atoms with van der Waals surface area (Å²) in [5.74, 6) is -0.830. The van der Waals surface area contributed by atoms with Gasteiger partial charge in [-0.2, -0.15) is 0 Å². The minimum atomic E-state index is -3.85. The summed E-state index contributed by atoms with van der Waals surface area (Å²) in [7, 11) is -3.85. The van der Waals surface area contributed by atoms with Gasteiger partial charge < -0.3 is 5.32 Å². The molecule has 9 heteroatoms. The number of sulfonamides is 1. The van der Waals surface area contributed by atoms with Gasteiger partial charge in [0.2, 0.25) is 15.9 Å². The third kappa shape index (κ3) is 4.67. The highest BCUT2D eigenvalue weighted by molar-refractivity contribution is 7.89. The number of halogens is 3. The van der Waals surface area contributed by atoms with E-state index in [1.54, 1.807) is 0 Å². The molecule has 0 spiro atoms. The summed E-state index contributed by atoms with van der Waals surface area (Å²) in [5, 5.41) is 2.70. The largest absolute Gasteiger partial charge is 0.325 e. The van der Waals surface area contributed by atoms with Gasteiger partial charge >= 0.3 is 0 Å². The van der Waals surface area contributed by atoms with E-state index in [1.807, 2.05) is 0 Å². The molecular formula is C15H13Cl2FN2O3S. The van der Waals surface area contributed by atoms with Gasteiger partial charge in [-0.05, 0) is 35.9 Å². The van der Waals surface area contributed by atoms with Crippen molar-refractivity contribution in [2.45, 2.75) is 18.4 Å². The number of nitrogens with one attached hydrogen (secondary N) is 2. The zero-order valence-corrected chi connectivity index (χ0v) is 14.8. The van der Waals surface area contributed by atoms with Gasteiger partial charge in [-0.3, -0.25) is 4.79 Å². The molecule has 0 heterocycles. The van der Waals surface area contributed by atoms with Crippen molar-refractivity contribution >= 4 is 44.8 Å². The molecule has 0 bridgehead atoms.